The normalized spacial score (nSPS) is 23.8. The molecule has 1 heterocycles. The van der Waals surface area contributed by atoms with Crippen LogP contribution in [-0.4, -0.2) is 42.6 Å². The number of carbonyl (C=O) groups is 1. The number of amides is 1. The number of nitrogens with one attached hydrogen (secondary N) is 3. The second kappa shape index (κ2) is 11.2. The van der Waals surface area contributed by atoms with Crippen LogP contribution in [0.2, 0.25) is 0 Å². The van der Waals surface area contributed by atoms with E-state index in [9.17, 15) is 4.79 Å². The van der Waals surface area contributed by atoms with Gasteiger partial charge in [-0.05, 0) is 62.5 Å². The van der Waals surface area contributed by atoms with Gasteiger partial charge in [-0.1, -0.05) is 6.42 Å². The molecule has 1 aromatic heterocycles. The van der Waals surface area contributed by atoms with Gasteiger partial charge in [-0.3, -0.25) is 9.79 Å². The smallest absolute Gasteiger partial charge is 0.223 e. The number of rotatable bonds is 8. The Morgan fingerprint density at radius 2 is 2.00 bits per heavy atom. The quantitative estimate of drug-likeness (QED) is 0.275. The lowest BCUT2D eigenvalue weighted by molar-refractivity contribution is -0.126. The van der Waals surface area contributed by atoms with Gasteiger partial charge in [-0.2, -0.15) is 0 Å². The minimum atomic E-state index is 0. The third-order valence-corrected chi connectivity index (χ3v) is 5.96. The summed E-state index contributed by atoms with van der Waals surface area (Å²) in [5, 5.41) is 10.0. The van der Waals surface area contributed by atoms with Crippen molar-refractivity contribution in [1.82, 2.24) is 20.9 Å². The van der Waals surface area contributed by atoms with Crippen LogP contribution in [0.1, 0.15) is 56.9 Å². The van der Waals surface area contributed by atoms with Crippen molar-refractivity contribution in [2.24, 2.45) is 16.8 Å². The summed E-state index contributed by atoms with van der Waals surface area (Å²) < 4.78 is 5.77. The molecule has 0 radical (unpaired) electrons. The highest BCUT2D eigenvalue weighted by Gasteiger charge is 2.31. The van der Waals surface area contributed by atoms with Gasteiger partial charge >= 0.3 is 0 Å². The first-order valence-electron chi connectivity index (χ1n) is 11.0. The van der Waals surface area contributed by atoms with Crippen molar-refractivity contribution in [2.45, 2.75) is 70.0 Å². The van der Waals surface area contributed by atoms with Crippen molar-refractivity contribution in [3.05, 3.63) is 23.9 Å². The Labute approximate surface area is 196 Å². The molecular formula is C22H34IN5O2. The lowest BCUT2D eigenvalue weighted by atomic mass is 9.85. The average molecular weight is 527 g/mol. The first-order valence-corrected chi connectivity index (χ1v) is 11.0. The fourth-order valence-corrected chi connectivity index (χ4v) is 3.81. The zero-order valence-corrected chi connectivity index (χ0v) is 20.1. The van der Waals surface area contributed by atoms with Gasteiger partial charge in [0.1, 0.15) is 0 Å². The molecule has 3 fully saturated rings. The van der Waals surface area contributed by atoms with Crippen molar-refractivity contribution in [2.75, 3.05) is 13.7 Å². The van der Waals surface area contributed by atoms with Crippen LogP contribution >= 0.6 is 24.0 Å². The van der Waals surface area contributed by atoms with Crippen molar-refractivity contribution < 1.29 is 9.53 Å². The number of aromatic nitrogens is 1. The van der Waals surface area contributed by atoms with Gasteiger partial charge in [0.25, 0.3) is 0 Å². The van der Waals surface area contributed by atoms with Crippen LogP contribution in [0.3, 0.4) is 0 Å². The molecule has 3 aliphatic rings. The number of nitrogens with zero attached hydrogens (tertiary/aromatic N) is 2. The number of hydrogen-bond acceptors (Lipinski definition) is 4. The third kappa shape index (κ3) is 7.28. The zero-order valence-electron chi connectivity index (χ0n) is 17.7. The van der Waals surface area contributed by atoms with Crippen LogP contribution in [0.5, 0.6) is 5.88 Å². The minimum absolute atomic E-state index is 0. The second-order valence-electron chi connectivity index (χ2n) is 8.67. The summed E-state index contributed by atoms with van der Waals surface area (Å²) in [6.45, 7) is 1.42. The van der Waals surface area contributed by atoms with E-state index in [1.165, 1.54) is 12.8 Å². The predicted octanol–water partition coefficient (Wildman–Crippen LogP) is 2.99. The maximum Gasteiger partial charge on any atom is 0.223 e. The Bertz CT molecular complexity index is 736. The van der Waals surface area contributed by atoms with Crippen LogP contribution in [0.15, 0.2) is 23.3 Å². The standard InChI is InChI=1S/C22H33N5O2.HI/c1-23-22(25-13-16-9-10-24-20(11-16)29-14-15-5-6-15)27-19-4-2-3-17(12-19)21(28)26-18-7-8-18;/h9-11,15,17-19H,2-8,12-14H2,1H3,(H,26,28)(H2,23,25,27);1H. The number of guanidine groups is 1. The molecule has 7 nitrogen and oxygen atoms in total. The fraction of sp³-hybridized carbons (Fsp3) is 0.682. The molecular weight excluding hydrogens is 493 g/mol. The minimum Gasteiger partial charge on any atom is -0.477 e. The lowest BCUT2D eigenvalue weighted by Gasteiger charge is -2.30. The Morgan fingerprint density at radius 3 is 2.73 bits per heavy atom. The van der Waals surface area contributed by atoms with Crippen molar-refractivity contribution >= 4 is 35.8 Å². The van der Waals surface area contributed by atoms with Gasteiger partial charge in [-0.25, -0.2) is 4.98 Å². The third-order valence-electron chi connectivity index (χ3n) is 5.96. The number of aliphatic imine (C=N–C) groups is 1. The Morgan fingerprint density at radius 1 is 1.17 bits per heavy atom. The number of hydrogen-bond donors (Lipinski definition) is 3. The summed E-state index contributed by atoms with van der Waals surface area (Å²) in [7, 11) is 1.78. The lowest BCUT2D eigenvalue weighted by Crippen LogP contribution is -2.47. The number of pyridine rings is 1. The Balaban J connectivity index is 0.00000256. The van der Waals surface area contributed by atoms with Gasteiger partial charge in [0, 0.05) is 43.9 Å². The number of carbonyl (C=O) groups excluding carboxylic acids is 1. The first-order chi connectivity index (χ1) is 14.2. The van der Waals surface area contributed by atoms with E-state index in [4.69, 9.17) is 4.74 Å². The van der Waals surface area contributed by atoms with Gasteiger partial charge < -0.3 is 20.7 Å². The van der Waals surface area contributed by atoms with Crippen LogP contribution in [-0.2, 0) is 11.3 Å². The number of ether oxygens (including phenoxy) is 1. The summed E-state index contributed by atoms with van der Waals surface area (Å²) in [5.41, 5.74) is 1.11. The SMILES string of the molecule is CN=C(NCc1ccnc(OCC2CC2)c1)NC1CCCC(C(=O)NC2CC2)C1.I. The van der Waals surface area contributed by atoms with E-state index in [1.807, 2.05) is 12.1 Å². The molecule has 0 aromatic carbocycles. The molecule has 3 saturated carbocycles. The van der Waals surface area contributed by atoms with E-state index in [-0.39, 0.29) is 41.8 Å². The van der Waals surface area contributed by atoms with Gasteiger partial charge in [-0.15, -0.1) is 24.0 Å². The van der Waals surface area contributed by atoms with Gasteiger partial charge in [0.15, 0.2) is 5.96 Å². The molecule has 3 aliphatic carbocycles. The van der Waals surface area contributed by atoms with Crippen LogP contribution in [0.4, 0.5) is 0 Å². The zero-order chi connectivity index (χ0) is 20.1. The summed E-state index contributed by atoms with van der Waals surface area (Å²) in [6, 6.07) is 4.69. The molecule has 8 heteroatoms. The molecule has 2 unspecified atom stereocenters. The Kier molecular flexibility index (Phi) is 8.59. The van der Waals surface area contributed by atoms with Crippen molar-refractivity contribution in [1.29, 1.82) is 0 Å². The van der Waals surface area contributed by atoms with E-state index >= 15 is 0 Å². The average Bonchev–Trinajstić information content (AvgIpc) is 3.66. The molecule has 2 atom stereocenters. The maximum atomic E-state index is 12.4. The maximum absolute atomic E-state index is 12.4. The predicted molar refractivity (Wildman–Crippen MR) is 128 cm³/mol. The molecule has 4 rings (SSSR count). The highest BCUT2D eigenvalue weighted by molar-refractivity contribution is 14.0. The molecule has 30 heavy (non-hydrogen) atoms. The summed E-state index contributed by atoms with van der Waals surface area (Å²) in [5.74, 6) is 2.53. The van der Waals surface area contributed by atoms with E-state index in [0.29, 0.717) is 24.4 Å². The molecule has 1 amide bonds. The fourth-order valence-electron chi connectivity index (χ4n) is 3.81. The topological polar surface area (TPSA) is 87.6 Å². The molecule has 166 valence electrons. The highest BCUT2D eigenvalue weighted by Crippen LogP contribution is 2.29. The van der Waals surface area contributed by atoms with Gasteiger partial charge in [0.2, 0.25) is 11.8 Å². The second-order valence-corrected chi connectivity index (χ2v) is 8.67. The molecule has 0 aliphatic heterocycles. The van der Waals surface area contributed by atoms with Crippen LogP contribution in [0, 0.1) is 11.8 Å². The number of halogens is 1. The molecule has 0 spiro atoms. The van der Waals surface area contributed by atoms with Crippen molar-refractivity contribution in [3.8, 4) is 5.88 Å². The van der Waals surface area contributed by atoms with E-state index < -0.39 is 0 Å². The van der Waals surface area contributed by atoms with Crippen LogP contribution in [0.25, 0.3) is 0 Å². The molecule has 0 bridgehead atoms. The summed E-state index contributed by atoms with van der Waals surface area (Å²) >= 11 is 0. The Hall–Kier alpha value is -1.58. The monoisotopic (exact) mass is 527 g/mol. The van der Waals surface area contributed by atoms with Gasteiger partial charge in [0.05, 0.1) is 6.61 Å². The van der Waals surface area contributed by atoms with E-state index in [2.05, 4.69) is 25.9 Å². The first kappa shape index (κ1) is 23.1. The van der Waals surface area contributed by atoms with Crippen LogP contribution < -0.4 is 20.7 Å². The summed E-state index contributed by atoms with van der Waals surface area (Å²) in [6.07, 6.45) is 10.6. The van der Waals surface area contributed by atoms with E-state index in [1.54, 1.807) is 13.2 Å². The molecule has 0 saturated heterocycles. The van der Waals surface area contributed by atoms with E-state index in [0.717, 1.165) is 56.7 Å². The molecule has 3 N–H and O–H groups in total. The largest absolute Gasteiger partial charge is 0.477 e. The highest BCUT2D eigenvalue weighted by atomic mass is 127. The van der Waals surface area contributed by atoms with Crippen molar-refractivity contribution in [3.63, 3.8) is 0 Å². The molecule has 1 aromatic rings. The summed E-state index contributed by atoms with van der Waals surface area (Å²) in [4.78, 5) is 21.0.